The summed E-state index contributed by atoms with van der Waals surface area (Å²) in [6.07, 6.45) is 14.9. The Morgan fingerprint density at radius 2 is 2.00 bits per heavy atom. The molecule has 0 aromatic rings. The highest BCUT2D eigenvalue weighted by atomic mass is 16.7. The van der Waals surface area contributed by atoms with Crippen molar-refractivity contribution in [3.05, 3.63) is 11.6 Å². The van der Waals surface area contributed by atoms with Crippen LogP contribution in [0.1, 0.15) is 98.3 Å². The fourth-order valence-electron chi connectivity index (χ4n) is 9.10. The summed E-state index contributed by atoms with van der Waals surface area (Å²) in [5.41, 5.74) is 2.32. The maximum Gasteiger partial charge on any atom is 0.246 e. The van der Waals surface area contributed by atoms with Gasteiger partial charge in [0.2, 0.25) is 5.91 Å². The van der Waals surface area contributed by atoms with Crippen molar-refractivity contribution in [2.24, 2.45) is 40.4 Å². The highest BCUT2D eigenvalue weighted by Gasteiger charge is 2.59. The molecule has 4 heteroatoms. The second-order valence-corrected chi connectivity index (χ2v) is 12.6. The van der Waals surface area contributed by atoms with E-state index in [0.717, 1.165) is 55.9 Å². The van der Waals surface area contributed by atoms with Crippen LogP contribution in [0.3, 0.4) is 0 Å². The van der Waals surface area contributed by atoms with Gasteiger partial charge in [0.05, 0.1) is 18.8 Å². The van der Waals surface area contributed by atoms with Crippen molar-refractivity contribution in [1.29, 1.82) is 0 Å². The molecule has 1 saturated heterocycles. The molecule has 1 N–H and O–H groups in total. The van der Waals surface area contributed by atoms with Gasteiger partial charge in [0.25, 0.3) is 0 Å². The van der Waals surface area contributed by atoms with Gasteiger partial charge in [0, 0.05) is 6.42 Å². The van der Waals surface area contributed by atoms with Crippen LogP contribution >= 0.6 is 0 Å². The van der Waals surface area contributed by atoms with Crippen LogP contribution in [-0.4, -0.2) is 34.8 Å². The van der Waals surface area contributed by atoms with Gasteiger partial charge in [-0.25, -0.2) is 5.06 Å². The number of carbonyl (C=O) groups is 1. The molecule has 4 fully saturated rings. The lowest BCUT2D eigenvalue weighted by Crippen LogP contribution is -2.50. The third kappa shape index (κ3) is 3.68. The number of hydrogen-bond donors (Lipinski definition) is 1. The van der Waals surface area contributed by atoms with Crippen LogP contribution < -0.4 is 0 Å². The van der Waals surface area contributed by atoms with Crippen LogP contribution in [0.15, 0.2) is 11.6 Å². The first-order chi connectivity index (χ1) is 15.2. The SMILES string of the molecule is CC1CCN(C(=O)CCC(C)[C@H]2CC[C@H]3[C@@H]4CC=C5C[C@@H](O)CC[C@]5(C)[C@H]4CC[C@]23C)O1. The Bertz CT molecular complexity index is 764. The molecule has 180 valence electrons. The van der Waals surface area contributed by atoms with Gasteiger partial charge in [0.15, 0.2) is 0 Å². The lowest BCUT2D eigenvalue weighted by Gasteiger charge is -2.58. The summed E-state index contributed by atoms with van der Waals surface area (Å²) in [5, 5.41) is 11.9. The largest absolute Gasteiger partial charge is 0.393 e. The molecule has 1 heterocycles. The number of aliphatic hydroxyl groups excluding tert-OH is 1. The van der Waals surface area contributed by atoms with Gasteiger partial charge >= 0.3 is 0 Å². The minimum atomic E-state index is -0.117. The maximum absolute atomic E-state index is 12.6. The predicted octanol–water partition coefficient (Wildman–Crippen LogP) is 5.90. The molecule has 3 saturated carbocycles. The molecule has 4 nitrogen and oxygen atoms in total. The van der Waals surface area contributed by atoms with E-state index in [2.05, 4.69) is 26.8 Å². The zero-order valence-electron chi connectivity index (χ0n) is 20.8. The van der Waals surface area contributed by atoms with Crippen LogP contribution in [0, 0.1) is 40.4 Å². The normalized spacial score (nSPS) is 46.8. The summed E-state index contributed by atoms with van der Waals surface area (Å²) in [5.74, 6) is 3.97. The van der Waals surface area contributed by atoms with Crippen molar-refractivity contribution in [2.75, 3.05) is 6.54 Å². The molecule has 0 bridgehead atoms. The quantitative estimate of drug-likeness (QED) is 0.551. The lowest BCUT2D eigenvalue weighted by molar-refractivity contribution is -0.178. The number of allylic oxidation sites excluding steroid dienone is 1. The summed E-state index contributed by atoms with van der Waals surface area (Å²) in [4.78, 5) is 18.3. The summed E-state index contributed by atoms with van der Waals surface area (Å²) in [6, 6.07) is 0. The van der Waals surface area contributed by atoms with Gasteiger partial charge in [-0.3, -0.25) is 9.63 Å². The fourth-order valence-corrected chi connectivity index (χ4v) is 9.10. The second kappa shape index (κ2) is 8.41. The highest BCUT2D eigenvalue weighted by Crippen LogP contribution is 2.67. The predicted molar refractivity (Wildman–Crippen MR) is 126 cm³/mol. The van der Waals surface area contributed by atoms with E-state index >= 15 is 0 Å². The third-order valence-electron chi connectivity index (χ3n) is 11.0. The lowest BCUT2D eigenvalue weighted by atomic mass is 9.47. The van der Waals surface area contributed by atoms with Crippen molar-refractivity contribution in [3.8, 4) is 0 Å². The first kappa shape index (κ1) is 22.9. The van der Waals surface area contributed by atoms with E-state index in [1.54, 1.807) is 10.6 Å². The van der Waals surface area contributed by atoms with E-state index in [-0.39, 0.29) is 18.1 Å². The van der Waals surface area contributed by atoms with Crippen molar-refractivity contribution < 1.29 is 14.7 Å². The van der Waals surface area contributed by atoms with Crippen LogP contribution in [0.5, 0.6) is 0 Å². The van der Waals surface area contributed by atoms with Gasteiger partial charge in [-0.15, -0.1) is 0 Å². The van der Waals surface area contributed by atoms with Crippen molar-refractivity contribution in [2.45, 2.75) is 111 Å². The Morgan fingerprint density at radius 1 is 1.19 bits per heavy atom. The first-order valence-corrected chi connectivity index (χ1v) is 13.6. The van der Waals surface area contributed by atoms with Gasteiger partial charge in [-0.1, -0.05) is 32.4 Å². The number of amides is 1. The standard InChI is InChI=1S/C28H45NO3/c1-18(5-10-26(31)29-16-13-19(2)32-29)23-8-9-24-22-7-6-20-17-21(30)11-14-27(20,3)25(22)12-15-28(23,24)4/h6,18-19,21-25,30H,5,7-17H2,1-4H3/t18?,19?,21-,22-,23+,24-,25-,27-,28+/m0/s1. The minimum Gasteiger partial charge on any atom is -0.393 e. The average molecular weight is 444 g/mol. The van der Waals surface area contributed by atoms with E-state index in [9.17, 15) is 9.90 Å². The number of hydrogen-bond acceptors (Lipinski definition) is 3. The third-order valence-corrected chi connectivity index (χ3v) is 11.0. The van der Waals surface area contributed by atoms with E-state index < -0.39 is 0 Å². The highest BCUT2D eigenvalue weighted by molar-refractivity contribution is 5.75. The Hall–Kier alpha value is -0.870. The van der Waals surface area contributed by atoms with Crippen LogP contribution in [0.4, 0.5) is 0 Å². The molecule has 4 aliphatic carbocycles. The van der Waals surface area contributed by atoms with Gasteiger partial charge < -0.3 is 5.11 Å². The number of carbonyl (C=O) groups excluding carboxylic acids is 1. The van der Waals surface area contributed by atoms with E-state index in [0.29, 0.717) is 23.2 Å². The molecule has 1 aliphatic heterocycles. The van der Waals surface area contributed by atoms with Gasteiger partial charge in [-0.2, -0.15) is 0 Å². The zero-order chi connectivity index (χ0) is 22.7. The monoisotopic (exact) mass is 443 g/mol. The zero-order valence-corrected chi connectivity index (χ0v) is 20.8. The smallest absolute Gasteiger partial charge is 0.246 e. The summed E-state index contributed by atoms with van der Waals surface area (Å²) < 4.78 is 0. The molecule has 2 unspecified atom stereocenters. The Labute approximate surface area is 195 Å². The number of aliphatic hydroxyl groups is 1. The molecule has 5 aliphatic rings. The fraction of sp³-hybridized carbons (Fsp3) is 0.893. The topological polar surface area (TPSA) is 49.8 Å². The van der Waals surface area contributed by atoms with Gasteiger partial charge in [-0.05, 0) is 112 Å². The summed E-state index contributed by atoms with van der Waals surface area (Å²) >= 11 is 0. The molecule has 0 radical (unpaired) electrons. The Balaban J connectivity index is 1.25. The summed E-state index contributed by atoms with van der Waals surface area (Å²) in [6.45, 7) is 10.3. The first-order valence-electron chi connectivity index (χ1n) is 13.6. The summed E-state index contributed by atoms with van der Waals surface area (Å²) in [7, 11) is 0. The number of nitrogens with zero attached hydrogens (tertiary/aromatic N) is 1. The molecule has 1 amide bonds. The van der Waals surface area contributed by atoms with Gasteiger partial charge in [0.1, 0.15) is 0 Å². The van der Waals surface area contributed by atoms with Crippen LogP contribution in [0.2, 0.25) is 0 Å². The van der Waals surface area contributed by atoms with E-state index in [4.69, 9.17) is 4.84 Å². The molecule has 9 atom stereocenters. The maximum atomic E-state index is 12.6. The van der Waals surface area contributed by atoms with E-state index in [1.807, 2.05) is 6.92 Å². The van der Waals surface area contributed by atoms with Crippen molar-refractivity contribution in [3.63, 3.8) is 0 Å². The molecule has 0 spiro atoms. The number of fused-ring (bicyclic) bond motifs is 5. The van der Waals surface area contributed by atoms with E-state index in [1.165, 1.54) is 38.5 Å². The van der Waals surface area contributed by atoms with Crippen LogP contribution in [-0.2, 0) is 9.63 Å². The Morgan fingerprint density at radius 3 is 2.75 bits per heavy atom. The molecule has 5 rings (SSSR count). The average Bonchev–Trinajstić information content (AvgIpc) is 3.35. The number of rotatable bonds is 4. The Kier molecular flexibility index (Phi) is 6.02. The minimum absolute atomic E-state index is 0.117. The van der Waals surface area contributed by atoms with Crippen LogP contribution in [0.25, 0.3) is 0 Å². The van der Waals surface area contributed by atoms with Crippen molar-refractivity contribution >= 4 is 5.91 Å². The van der Waals surface area contributed by atoms with Crippen molar-refractivity contribution in [1.82, 2.24) is 5.06 Å². The molecular weight excluding hydrogens is 398 g/mol. The molecule has 32 heavy (non-hydrogen) atoms. The number of hydroxylamine groups is 2. The molecule has 0 aromatic heterocycles. The molecule has 0 aromatic carbocycles. The molecular formula is C28H45NO3. The second-order valence-electron chi connectivity index (χ2n) is 12.6.